The molecule has 1 saturated carbocycles. The quantitative estimate of drug-likeness (QED) is 0.343. The molecule has 0 bridgehead atoms. The molecule has 1 heterocycles. The van der Waals surface area contributed by atoms with Gasteiger partial charge in [0.1, 0.15) is 11.7 Å². The predicted molar refractivity (Wildman–Crippen MR) is 58.7 cm³/mol. The number of nitrogens with zero attached hydrogens (tertiary/aromatic N) is 3. The number of nitrogens with two attached hydrogens (primary N) is 1. The maximum absolute atomic E-state index is 8.72. The maximum Gasteiger partial charge on any atom is 0.223 e. The minimum absolute atomic E-state index is 0.0416. The highest BCUT2D eigenvalue weighted by atomic mass is 16.5. The van der Waals surface area contributed by atoms with Crippen molar-refractivity contribution in [1.82, 2.24) is 9.78 Å². The molecule has 1 aromatic rings. The molecule has 0 atom stereocenters. The van der Waals surface area contributed by atoms with E-state index in [1.54, 1.807) is 18.7 Å². The average molecular weight is 224 g/mol. The van der Waals surface area contributed by atoms with Crippen LogP contribution in [0.25, 0.3) is 0 Å². The van der Waals surface area contributed by atoms with Crippen LogP contribution in [0.2, 0.25) is 0 Å². The number of rotatable bonds is 3. The molecule has 0 aromatic carbocycles. The van der Waals surface area contributed by atoms with Crippen molar-refractivity contribution in [2.75, 3.05) is 0 Å². The summed E-state index contributed by atoms with van der Waals surface area (Å²) in [4.78, 5) is 0. The van der Waals surface area contributed by atoms with Crippen LogP contribution in [-0.2, 0) is 7.05 Å². The predicted octanol–water partition coefficient (Wildman–Crippen LogP) is 0.754. The molecule has 0 spiro atoms. The third kappa shape index (κ3) is 1.70. The molecular formula is C10H16N4O2. The van der Waals surface area contributed by atoms with Crippen LogP contribution in [-0.4, -0.2) is 26.9 Å². The van der Waals surface area contributed by atoms with Crippen molar-refractivity contribution in [2.45, 2.75) is 32.3 Å². The summed E-state index contributed by atoms with van der Waals surface area (Å²) in [6, 6.07) is 0. The smallest absolute Gasteiger partial charge is 0.223 e. The van der Waals surface area contributed by atoms with Crippen molar-refractivity contribution >= 4 is 5.84 Å². The molecule has 6 heteroatoms. The molecule has 1 aromatic heterocycles. The Bertz CT molecular complexity index is 421. The van der Waals surface area contributed by atoms with Crippen LogP contribution in [0, 0.1) is 6.92 Å². The highest BCUT2D eigenvalue weighted by molar-refractivity contribution is 6.00. The number of amidine groups is 1. The van der Waals surface area contributed by atoms with Crippen molar-refractivity contribution in [3.63, 3.8) is 0 Å². The van der Waals surface area contributed by atoms with Gasteiger partial charge in [-0.15, -0.1) is 0 Å². The lowest BCUT2D eigenvalue weighted by molar-refractivity contribution is 0.109. The Balaban J connectivity index is 2.33. The van der Waals surface area contributed by atoms with Crippen molar-refractivity contribution in [2.24, 2.45) is 17.9 Å². The summed E-state index contributed by atoms with van der Waals surface area (Å²) < 4.78 is 7.41. The standard InChI is InChI=1S/C10H16N4O2/c1-6-8(9(11)13-15)10(14(2)12-6)16-7-4-3-5-7/h7,15H,3-5H2,1-2H3,(H2,11,13). The van der Waals surface area contributed by atoms with Crippen LogP contribution in [0.15, 0.2) is 5.16 Å². The Labute approximate surface area is 93.7 Å². The van der Waals surface area contributed by atoms with Crippen LogP contribution in [0.5, 0.6) is 5.88 Å². The molecule has 88 valence electrons. The number of ether oxygens (including phenoxy) is 1. The van der Waals surface area contributed by atoms with Gasteiger partial charge in [-0.25, -0.2) is 4.68 Å². The molecule has 0 unspecified atom stereocenters. The van der Waals surface area contributed by atoms with Gasteiger partial charge in [0.2, 0.25) is 5.88 Å². The van der Waals surface area contributed by atoms with E-state index >= 15 is 0 Å². The minimum atomic E-state index is 0.0416. The second-order valence-corrected chi connectivity index (χ2v) is 4.05. The molecular weight excluding hydrogens is 208 g/mol. The number of aryl methyl sites for hydroxylation is 2. The fourth-order valence-corrected chi connectivity index (χ4v) is 1.76. The molecule has 0 radical (unpaired) electrons. The van der Waals surface area contributed by atoms with Crippen LogP contribution < -0.4 is 10.5 Å². The number of aromatic nitrogens is 2. The van der Waals surface area contributed by atoms with Gasteiger partial charge >= 0.3 is 0 Å². The third-order valence-electron chi connectivity index (χ3n) is 2.86. The molecule has 1 aliphatic rings. The number of hydrogen-bond donors (Lipinski definition) is 2. The van der Waals surface area contributed by atoms with E-state index in [-0.39, 0.29) is 11.9 Å². The highest BCUT2D eigenvalue weighted by Gasteiger charge is 2.25. The van der Waals surface area contributed by atoms with E-state index in [1.807, 2.05) is 0 Å². The molecule has 3 N–H and O–H groups in total. The van der Waals surface area contributed by atoms with Gasteiger partial charge in [0, 0.05) is 7.05 Å². The zero-order valence-electron chi connectivity index (χ0n) is 9.47. The lowest BCUT2D eigenvalue weighted by atomic mass is 9.96. The van der Waals surface area contributed by atoms with Crippen molar-refractivity contribution in [1.29, 1.82) is 0 Å². The summed E-state index contributed by atoms with van der Waals surface area (Å²) in [6.07, 6.45) is 3.54. The summed E-state index contributed by atoms with van der Waals surface area (Å²) in [6.45, 7) is 1.81. The number of oxime groups is 1. The van der Waals surface area contributed by atoms with Crippen LogP contribution in [0.4, 0.5) is 0 Å². The third-order valence-corrected chi connectivity index (χ3v) is 2.86. The van der Waals surface area contributed by atoms with E-state index < -0.39 is 0 Å². The Morgan fingerprint density at radius 2 is 2.31 bits per heavy atom. The first-order valence-electron chi connectivity index (χ1n) is 5.31. The van der Waals surface area contributed by atoms with E-state index in [0.29, 0.717) is 17.1 Å². The van der Waals surface area contributed by atoms with E-state index in [4.69, 9.17) is 15.7 Å². The van der Waals surface area contributed by atoms with Crippen LogP contribution in [0.3, 0.4) is 0 Å². The second kappa shape index (κ2) is 4.03. The summed E-state index contributed by atoms with van der Waals surface area (Å²) in [5.74, 6) is 0.623. The van der Waals surface area contributed by atoms with Gasteiger partial charge in [0.05, 0.1) is 5.69 Å². The van der Waals surface area contributed by atoms with Crippen molar-refractivity contribution in [3.8, 4) is 5.88 Å². The van der Waals surface area contributed by atoms with Gasteiger partial charge < -0.3 is 15.7 Å². The van der Waals surface area contributed by atoms with Crippen LogP contribution >= 0.6 is 0 Å². The zero-order chi connectivity index (χ0) is 11.7. The van der Waals surface area contributed by atoms with Gasteiger partial charge in [0.25, 0.3) is 0 Å². The van der Waals surface area contributed by atoms with Gasteiger partial charge in [-0.3, -0.25) is 0 Å². The highest BCUT2D eigenvalue weighted by Crippen LogP contribution is 2.28. The Morgan fingerprint density at radius 1 is 1.62 bits per heavy atom. The summed E-state index contributed by atoms with van der Waals surface area (Å²) in [5, 5.41) is 15.9. The normalized spacial score (nSPS) is 17.2. The molecule has 1 aliphatic carbocycles. The summed E-state index contributed by atoms with van der Waals surface area (Å²) >= 11 is 0. The van der Waals surface area contributed by atoms with E-state index in [9.17, 15) is 0 Å². The Morgan fingerprint density at radius 3 is 2.81 bits per heavy atom. The van der Waals surface area contributed by atoms with Crippen LogP contribution in [0.1, 0.15) is 30.5 Å². The molecule has 6 nitrogen and oxygen atoms in total. The van der Waals surface area contributed by atoms with Gasteiger partial charge in [-0.2, -0.15) is 5.10 Å². The summed E-state index contributed by atoms with van der Waals surface area (Å²) in [5.41, 5.74) is 6.89. The molecule has 0 aliphatic heterocycles. The molecule has 1 fully saturated rings. The lowest BCUT2D eigenvalue weighted by Crippen LogP contribution is -2.27. The minimum Gasteiger partial charge on any atom is -0.474 e. The van der Waals surface area contributed by atoms with Crippen molar-refractivity contribution in [3.05, 3.63) is 11.3 Å². The molecule has 2 rings (SSSR count). The van der Waals surface area contributed by atoms with Gasteiger partial charge in [-0.1, -0.05) is 5.16 Å². The SMILES string of the molecule is Cc1nn(C)c(OC2CCC2)c1C(N)=NO. The molecule has 16 heavy (non-hydrogen) atoms. The number of hydrogen-bond acceptors (Lipinski definition) is 4. The Kier molecular flexibility index (Phi) is 2.72. The first-order chi connectivity index (χ1) is 7.63. The fourth-order valence-electron chi connectivity index (χ4n) is 1.76. The van der Waals surface area contributed by atoms with E-state index in [2.05, 4.69) is 10.3 Å². The van der Waals surface area contributed by atoms with Gasteiger partial charge in [0.15, 0.2) is 5.84 Å². The first kappa shape index (κ1) is 10.8. The second-order valence-electron chi connectivity index (χ2n) is 4.05. The van der Waals surface area contributed by atoms with E-state index in [0.717, 1.165) is 12.8 Å². The van der Waals surface area contributed by atoms with Gasteiger partial charge in [-0.05, 0) is 26.2 Å². The fraction of sp³-hybridized carbons (Fsp3) is 0.600. The molecule has 0 saturated heterocycles. The average Bonchev–Trinajstić information content (AvgIpc) is 2.46. The topological polar surface area (TPSA) is 85.7 Å². The first-order valence-corrected chi connectivity index (χ1v) is 5.31. The lowest BCUT2D eigenvalue weighted by Gasteiger charge is -2.26. The van der Waals surface area contributed by atoms with E-state index in [1.165, 1.54) is 6.42 Å². The maximum atomic E-state index is 8.72. The monoisotopic (exact) mass is 224 g/mol. The Hall–Kier alpha value is -1.72. The largest absolute Gasteiger partial charge is 0.474 e. The molecule has 0 amide bonds. The zero-order valence-corrected chi connectivity index (χ0v) is 9.47. The summed E-state index contributed by atoms with van der Waals surface area (Å²) in [7, 11) is 1.79. The van der Waals surface area contributed by atoms with Crippen molar-refractivity contribution < 1.29 is 9.94 Å².